The topological polar surface area (TPSA) is 66.1 Å². The number of aromatic amines is 1. The molecule has 0 bridgehead atoms. The highest BCUT2D eigenvalue weighted by atomic mass is 16.2. The minimum atomic E-state index is -0.139. The molecule has 1 atom stereocenters. The van der Waals surface area contributed by atoms with Gasteiger partial charge in [-0.1, -0.05) is 32.9 Å². The number of aromatic nitrogens is 2. The second-order valence-corrected chi connectivity index (χ2v) is 8.18. The number of nitrogens with zero attached hydrogens (tertiary/aromatic N) is 2. The summed E-state index contributed by atoms with van der Waals surface area (Å²) in [5.41, 5.74) is 0.763. The van der Waals surface area contributed by atoms with E-state index in [2.05, 4.69) is 30.7 Å². The Bertz CT molecular complexity index is 820. The molecule has 5 nitrogen and oxygen atoms in total. The molecular formula is C20H27N3O2. The Kier molecular flexibility index (Phi) is 4.93. The van der Waals surface area contributed by atoms with Crippen molar-refractivity contribution in [3.63, 3.8) is 0 Å². The number of likely N-dealkylation sites (tertiary alicyclic amines) is 1. The molecule has 1 amide bonds. The van der Waals surface area contributed by atoms with Crippen LogP contribution >= 0.6 is 0 Å². The molecule has 1 N–H and O–H groups in total. The molecule has 1 fully saturated rings. The molecule has 5 heteroatoms. The number of hydrogen-bond donors (Lipinski definition) is 1. The van der Waals surface area contributed by atoms with Gasteiger partial charge in [-0.15, -0.1) is 0 Å². The first-order valence-electron chi connectivity index (χ1n) is 9.11. The molecule has 1 aromatic carbocycles. The third-order valence-corrected chi connectivity index (χ3v) is 4.78. The van der Waals surface area contributed by atoms with Crippen LogP contribution in [-0.2, 0) is 11.2 Å². The van der Waals surface area contributed by atoms with E-state index < -0.39 is 0 Å². The van der Waals surface area contributed by atoms with Crippen LogP contribution < -0.4 is 5.56 Å². The molecule has 1 aliphatic heterocycles. The second kappa shape index (κ2) is 6.98. The number of benzene rings is 1. The molecule has 1 aliphatic rings. The van der Waals surface area contributed by atoms with Gasteiger partial charge in [0.1, 0.15) is 5.82 Å². The Morgan fingerprint density at radius 1 is 1.32 bits per heavy atom. The number of rotatable bonds is 4. The first kappa shape index (κ1) is 17.6. The number of aryl methyl sites for hydroxylation is 1. The molecule has 1 saturated heterocycles. The van der Waals surface area contributed by atoms with Crippen molar-refractivity contribution in [2.45, 2.75) is 58.9 Å². The van der Waals surface area contributed by atoms with E-state index in [0.717, 1.165) is 25.8 Å². The molecule has 1 unspecified atom stereocenters. The Labute approximate surface area is 148 Å². The predicted molar refractivity (Wildman–Crippen MR) is 99.5 cm³/mol. The van der Waals surface area contributed by atoms with E-state index in [1.54, 1.807) is 6.07 Å². The molecule has 0 aliphatic carbocycles. The number of amides is 1. The lowest BCUT2D eigenvalue weighted by atomic mass is 9.87. The molecule has 134 valence electrons. The van der Waals surface area contributed by atoms with Crippen LogP contribution in [0.4, 0.5) is 0 Å². The predicted octanol–water partition coefficient (Wildman–Crippen LogP) is 3.28. The number of hydrogen-bond acceptors (Lipinski definition) is 3. The molecule has 2 heterocycles. The monoisotopic (exact) mass is 341 g/mol. The fourth-order valence-corrected chi connectivity index (χ4v) is 3.71. The summed E-state index contributed by atoms with van der Waals surface area (Å²) in [6.07, 6.45) is 4.06. The molecule has 1 aromatic heterocycles. The van der Waals surface area contributed by atoms with Gasteiger partial charge in [0.05, 0.1) is 10.9 Å². The van der Waals surface area contributed by atoms with Gasteiger partial charge in [-0.3, -0.25) is 9.59 Å². The van der Waals surface area contributed by atoms with Crippen LogP contribution in [0.3, 0.4) is 0 Å². The van der Waals surface area contributed by atoms with Gasteiger partial charge in [0.2, 0.25) is 5.91 Å². The summed E-state index contributed by atoms with van der Waals surface area (Å²) in [4.78, 5) is 34.1. The van der Waals surface area contributed by atoms with E-state index in [1.165, 1.54) is 0 Å². The van der Waals surface area contributed by atoms with E-state index in [1.807, 2.05) is 23.1 Å². The van der Waals surface area contributed by atoms with E-state index in [0.29, 0.717) is 35.6 Å². The van der Waals surface area contributed by atoms with Crippen LogP contribution in [0, 0.1) is 5.41 Å². The standard InChI is InChI=1S/C20H27N3O2/c1-20(2,3)13-14-7-6-12-23(14)18(24)11-10-17-21-16-9-5-4-8-15(16)19(25)22-17/h4-5,8-9,14H,6-7,10-13H2,1-3H3,(H,21,22,25). The summed E-state index contributed by atoms with van der Waals surface area (Å²) in [7, 11) is 0. The maximum Gasteiger partial charge on any atom is 0.258 e. The third-order valence-electron chi connectivity index (χ3n) is 4.78. The Hall–Kier alpha value is -2.17. The van der Waals surface area contributed by atoms with Crippen LogP contribution in [-0.4, -0.2) is 33.4 Å². The first-order chi connectivity index (χ1) is 11.8. The fourth-order valence-electron chi connectivity index (χ4n) is 3.71. The summed E-state index contributed by atoms with van der Waals surface area (Å²) in [6, 6.07) is 7.62. The van der Waals surface area contributed by atoms with E-state index in [4.69, 9.17) is 0 Å². The number of fused-ring (bicyclic) bond motifs is 1. The average molecular weight is 341 g/mol. The number of carbonyl (C=O) groups excluding carboxylic acids is 1. The highest BCUT2D eigenvalue weighted by Crippen LogP contribution is 2.30. The molecule has 0 radical (unpaired) electrons. The maximum atomic E-state index is 12.7. The smallest absolute Gasteiger partial charge is 0.258 e. The number of para-hydroxylation sites is 1. The van der Waals surface area contributed by atoms with Gasteiger partial charge in [-0.2, -0.15) is 0 Å². The van der Waals surface area contributed by atoms with Gasteiger partial charge in [0, 0.05) is 25.4 Å². The van der Waals surface area contributed by atoms with Crippen molar-refractivity contribution in [1.29, 1.82) is 0 Å². The molecule has 2 aromatic rings. The van der Waals surface area contributed by atoms with Crippen LogP contribution in [0.1, 0.15) is 52.3 Å². The zero-order valence-electron chi connectivity index (χ0n) is 15.3. The van der Waals surface area contributed by atoms with Gasteiger partial charge in [0.15, 0.2) is 0 Å². The van der Waals surface area contributed by atoms with Crippen LogP contribution in [0.5, 0.6) is 0 Å². The van der Waals surface area contributed by atoms with Crippen molar-refractivity contribution in [3.05, 3.63) is 40.4 Å². The summed E-state index contributed by atoms with van der Waals surface area (Å²) in [5, 5.41) is 0.586. The fraction of sp³-hybridized carbons (Fsp3) is 0.550. The third kappa shape index (κ3) is 4.27. The summed E-state index contributed by atoms with van der Waals surface area (Å²) >= 11 is 0. The molecule has 0 saturated carbocycles. The van der Waals surface area contributed by atoms with Crippen molar-refractivity contribution in [1.82, 2.24) is 14.9 Å². The lowest BCUT2D eigenvalue weighted by molar-refractivity contribution is -0.132. The summed E-state index contributed by atoms with van der Waals surface area (Å²) in [5.74, 6) is 0.756. The number of H-pyrrole nitrogens is 1. The van der Waals surface area contributed by atoms with Gasteiger partial charge in [-0.05, 0) is 36.8 Å². The van der Waals surface area contributed by atoms with Crippen molar-refractivity contribution in [2.75, 3.05) is 6.54 Å². The lowest BCUT2D eigenvalue weighted by Gasteiger charge is -2.30. The van der Waals surface area contributed by atoms with E-state index >= 15 is 0 Å². The van der Waals surface area contributed by atoms with Gasteiger partial charge in [0.25, 0.3) is 5.56 Å². The summed E-state index contributed by atoms with van der Waals surface area (Å²) < 4.78 is 0. The number of carbonyl (C=O) groups is 1. The highest BCUT2D eigenvalue weighted by molar-refractivity contribution is 5.78. The molecular weight excluding hydrogens is 314 g/mol. The minimum absolute atomic E-state index is 0.139. The SMILES string of the molecule is CC(C)(C)CC1CCCN1C(=O)CCc1nc2ccccc2c(=O)[nH]1. The Morgan fingerprint density at radius 2 is 2.08 bits per heavy atom. The van der Waals surface area contributed by atoms with E-state index in [-0.39, 0.29) is 16.9 Å². The second-order valence-electron chi connectivity index (χ2n) is 8.18. The zero-order chi connectivity index (χ0) is 18.0. The van der Waals surface area contributed by atoms with Gasteiger partial charge >= 0.3 is 0 Å². The summed E-state index contributed by atoms with van der Waals surface area (Å²) in [6.45, 7) is 7.51. The maximum absolute atomic E-state index is 12.7. The zero-order valence-corrected chi connectivity index (χ0v) is 15.3. The molecule has 25 heavy (non-hydrogen) atoms. The van der Waals surface area contributed by atoms with Crippen LogP contribution in [0.2, 0.25) is 0 Å². The molecule has 0 spiro atoms. The van der Waals surface area contributed by atoms with E-state index in [9.17, 15) is 9.59 Å². The van der Waals surface area contributed by atoms with Crippen molar-refractivity contribution in [2.24, 2.45) is 5.41 Å². The normalized spacial score (nSPS) is 18.0. The van der Waals surface area contributed by atoms with Crippen molar-refractivity contribution in [3.8, 4) is 0 Å². The highest BCUT2D eigenvalue weighted by Gasteiger charge is 2.31. The minimum Gasteiger partial charge on any atom is -0.340 e. The Morgan fingerprint density at radius 3 is 2.84 bits per heavy atom. The average Bonchev–Trinajstić information content (AvgIpc) is 2.99. The first-order valence-corrected chi connectivity index (χ1v) is 9.11. The molecule has 3 rings (SSSR count). The lowest BCUT2D eigenvalue weighted by Crippen LogP contribution is -2.37. The van der Waals surface area contributed by atoms with Crippen LogP contribution in [0.15, 0.2) is 29.1 Å². The van der Waals surface area contributed by atoms with Crippen LogP contribution in [0.25, 0.3) is 10.9 Å². The van der Waals surface area contributed by atoms with Gasteiger partial charge < -0.3 is 9.88 Å². The van der Waals surface area contributed by atoms with Crippen molar-refractivity contribution < 1.29 is 4.79 Å². The largest absolute Gasteiger partial charge is 0.340 e. The van der Waals surface area contributed by atoms with Crippen molar-refractivity contribution >= 4 is 16.8 Å². The quantitative estimate of drug-likeness (QED) is 0.928. The number of nitrogens with one attached hydrogen (secondary N) is 1. The van der Waals surface area contributed by atoms with Gasteiger partial charge in [-0.25, -0.2) is 4.98 Å². The Balaban J connectivity index is 1.67.